The summed E-state index contributed by atoms with van der Waals surface area (Å²) in [4.78, 5) is 19.3. The van der Waals surface area contributed by atoms with E-state index in [1.54, 1.807) is 14.2 Å². The van der Waals surface area contributed by atoms with Crippen LogP contribution in [0.1, 0.15) is 49.8 Å². The molecular weight excluding hydrogens is 342 g/mol. The number of pyridine rings is 1. The first-order chi connectivity index (χ1) is 13.1. The number of nitrogens with zero attached hydrogens (tertiary/aromatic N) is 2. The molecular formula is C21H27N3O3. The monoisotopic (exact) mass is 369 g/mol. The fourth-order valence-electron chi connectivity index (χ4n) is 4.65. The van der Waals surface area contributed by atoms with E-state index in [4.69, 9.17) is 20.2 Å². The molecule has 0 bridgehead atoms. The number of carbonyl (C=O) groups excluding carboxylic acids is 1. The predicted octanol–water partition coefficient (Wildman–Crippen LogP) is 3.96. The Kier molecular flexibility index (Phi) is 4.81. The summed E-state index contributed by atoms with van der Waals surface area (Å²) in [7, 11) is 3.24. The zero-order valence-corrected chi connectivity index (χ0v) is 16.1. The van der Waals surface area contributed by atoms with Gasteiger partial charge in [-0.25, -0.2) is 4.79 Å². The van der Waals surface area contributed by atoms with Gasteiger partial charge in [0, 0.05) is 23.2 Å². The molecule has 1 aromatic heterocycles. The van der Waals surface area contributed by atoms with Crippen LogP contribution in [0.25, 0.3) is 10.9 Å². The second-order valence-electron chi connectivity index (χ2n) is 7.46. The van der Waals surface area contributed by atoms with Gasteiger partial charge < -0.3 is 15.2 Å². The molecule has 0 radical (unpaired) electrons. The number of benzene rings is 1. The average molecular weight is 369 g/mol. The first-order valence-corrected chi connectivity index (χ1v) is 9.80. The Bertz CT molecular complexity index is 875. The largest absolute Gasteiger partial charge is 0.493 e. The van der Waals surface area contributed by atoms with Gasteiger partial charge in [0.25, 0.3) is 0 Å². The molecule has 4 rings (SSSR count). The average Bonchev–Trinajstić information content (AvgIpc) is 3.15. The van der Waals surface area contributed by atoms with Crippen molar-refractivity contribution in [3.8, 4) is 11.5 Å². The van der Waals surface area contributed by atoms with E-state index in [1.807, 2.05) is 17.0 Å². The van der Waals surface area contributed by atoms with Crippen molar-refractivity contribution in [1.29, 1.82) is 0 Å². The summed E-state index contributed by atoms with van der Waals surface area (Å²) >= 11 is 0. The topological polar surface area (TPSA) is 77.7 Å². The molecule has 2 aromatic rings. The standard InChI is InChI=1S/C21H27N3O3/c1-26-18-11-15-17(12-19(18)27-2)23-16-10-6-9-14(16)20(15)24(21(22)25)13-7-4-3-5-8-13/h11-13H,3-10H2,1-2H3,(H2,22,25). The number of aryl methyl sites for hydroxylation is 1. The Morgan fingerprint density at radius 1 is 1.07 bits per heavy atom. The summed E-state index contributed by atoms with van der Waals surface area (Å²) in [6.07, 6.45) is 8.40. The van der Waals surface area contributed by atoms with Crippen molar-refractivity contribution in [1.82, 2.24) is 4.98 Å². The molecule has 1 saturated carbocycles. The molecule has 0 saturated heterocycles. The van der Waals surface area contributed by atoms with E-state index in [9.17, 15) is 4.79 Å². The summed E-state index contributed by atoms with van der Waals surface area (Å²) in [5.74, 6) is 1.28. The van der Waals surface area contributed by atoms with E-state index < -0.39 is 0 Å². The lowest BCUT2D eigenvalue weighted by Gasteiger charge is -2.35. The van der Waals surface area contributed by atoms with Gasteiger partial charge in [0.05, 0.1) is 25.4 Å². The van der Waals surface area contributed by atoms with Crippen molar-refractivity contribution in [2.45, 2.75) is 57.4 Å². The Balaban J connectivity index is 1.97. The predicted molar refractivity (Wildman–Crippen MR) is 106 cm³/mol. The fourth-order valence-corrected chi connectivity index (χ4v) is 4.65. The SMILES string of the molecule is COc1cc2nc3c(c(N(C(N)=O)C4CCCCC4)c2cc1OC)CCC3. The zero-order valence-electron chi connectivity index (χ0n) is 16.1. The number of rotatable bonds is 4. The quantitative estimate of drug-likeness (QED) is 0.885. The van der Waals surface area contributed by atoms with Gasteiger partial charge in [-0.3, -0.25) is 9.88 Å². The minimum atomic E-state index is -0.377. The van der Waals surface area contributed by atoms with Crippen molar-refractivity contribution >= 4 is 22.6 Å². The summed E-state index contributed by atoms with van der Waals surface area (Å²) in [6, 6.07) is 3.61. The van der Waals surface area contributed by atoms with Gasteiger partial charge in [-0.15, -0.1) is 0 Å². The van der Waals surface area contributed by atoms with Gasteiger partial charge in [-0.2, -0.15) is 0 Å². The third-order valence-corrected chi connectivity index (χ3v) is 5.91. The van der Waals surface area contributed by atoms with Gasteiger partial charge in [0.1, 0.15) is 0 Å². The lowest BCUT2D eigenvalue weighted by Crippen LogP contribution is -2.45. The fraction of sp³-hybridized carbons (Fsp3) is 0.524. The van der Waals surface area contributed by atoms with Crippen LogP contribution < -0.4 is 20.1 Å². The molecule has 2 aliphatic rings. The highest BCUT2D eigenvalue weighted by molar-refractivity contribution is 6.04. The summed E-state index contributed by atoms with van der Waals surface area (Å²) in [5.41, 5.74) is 9.93. The van der Waals surface area contributed by atoms with E-state index >= 15 is 0 Å². The Morgan fingerprint density at radius 3 is 2.44 bits per heavy atom. The van der Waals surface area contributed by atoms with E-state index in [-0.39, 0.29) is 12.1 Å². The number of amides is 2. The molecule has 1 aromatic carbocycles. The lowest BCUT2D eigenvalue weighted by atomic mass is 9.92. The molecule has 144 valence electrons. The van der Waals surface area contributed by atoms with Crippen LogP contribution in [0.15, 0.2) is 12.1 Å². The molecule has 0 atom stereocenters. The number of carbonyl (C=O) groups is 1. The van der Waals surface area contributed by atoms with E-state index in [1.165, 1.54) is 12.0 Å². The second kappa shape index (κ2) is 7.25. The third-order valence-electron chi connectivity index (χ3n) is 5.91. The highest BCUT2D eigenvalue weighted by Crippen LogP contribution is 2.43. The number of ether oxygens (including phenoxy) is 2. The number of nitrogens with two attached hydrogens (primary N) is 1. The van der Waals surface area contributed by atoms with Crippen LogP contribution in [0.3, 0.4) is 0 Å². The van der Waals surface area contributed by atoms with Gasteiger partial charge in [0.2, 0.25) is 0 Å². The normalized spacial score (nSPS) is 17.0. The molecule has 0 unspecified atom stereocenters. The summed E-state index contributed by atoms with van der Waals surface area (Å²) in [6.45, 7) is 0. The molecule has 1 fully saturated rings. The molecule has 2 N–H and O–H groups in total. The van der Waals surface area contributed by atoms with Crippen LogP contribution in [0.5, 0.6) is 11.5 Å². The maximum Gasteiger partial charge on any atom is 0.319 e. The number of urea groups is 1. The van der Waals surface area contributed by atoms with Gasteiger partial charge in [-0.05, 0) is 43.7 Å². The van der Waals surface area contributed by atoms with Gasteiger partial charge in [0.15, 0.2) is 11.5 Å². The van der Waals surface area contributed by atoms with E-state index in [2.05, 4.69) is 0 Å². The third kappa shape index (κ3) is 3.07. The van der Waals surface area contributed by atoms with Crippen LogP contribution in [-0.4, -0.2) is 31.3 Å². The molecule has 2 amide bonds. The minimum Gasteiger partial charge on any atom is -0.493 e. The van der Waals surface area contributed by atoms with Crippen molar-refractivity contribution < 1.29 is 14.3 Å². The van der Waals surface area contributed by atoms with Crippen molar-refractivity contribution in [2.24, 2.45) is 5.73 Å². The van der Waals surface area contributed by atoms with Crippen LogP contribution in [0.4, 0.5) is 10.5 Å². The number of aromatic nitrogens is 1. The first kappa shape index (κ1) is 17.9. The summed E-state index contributed by atoms with van der Waals surface area (Å²) < 4.78 is 11.0. The van der Waals surface area contributed by atoms with Crippen molar-refractivity contribution in [3.63, 3.8) is 0 Å². The van der Waals surface area contributed by atoms with Crippen LogP contribution in [0.2, 0.25) is 0 Å². The Labute approximate surface area is 159 Å². The minimum absolute atomic E-state index is 0.152. The highest BCUT2D eigenvalue weighted by atomic mass is 16.5. The molecule has 2 aliphatic carbocycles. The molecule has 0 spiro atoms. The molecule has 6 nitrogen and oxygen atoms in total. The van der Waals surface area contributed by atoms with Gasteiger partial charge in [-0.1, -0.05) is 19.3 Å². The maximum atomic E-state index is 12.6. The first-order valence-electron chi connectivity index (χ1n) is 9.80. The van der Waals surface area contributed by atoms with Crippen molar-refractivity contribution in [3.05, 3.63) is 23.4 Å². The zero-order chi connectivity index (χ0) is 19.0. The lowest BCUT2D eigenvalue weighted by molar-refractivity contribution is 0.249. The number of fused-ring (bicyclic) bond motifs is 2. The van der Waals surface area contributed by atoms with Crippen LogP contribution >= 0.6 is 0 Å². The number of hydrogen-bond donors (Lipinski definition) is 1. The summed E-state index contributed by atoms with van der Waals surface area (Å²) in [5, 5.41) is 0.915. The van der Waals surface area contributed by atoms with Crippen molar-refractivity contribution in [2.75, 3.05) is 19.1 Å². The maximum absolute atomic E-state index is 12.6. The number of methoxy groups -OCH3 is 2. The number of hydrogen-bond acceptors (Lipinski definition) is 4. The smallest absolute Gasteiger partial charge is 0.319 e. The molecule has 27 heavy (non-hydrogen) atoms. The van der Waals surface area contributed by atoms with E-state index in [0.717, 1.165) is 67.2 Å². The molecule has 6 heteroatoms. The molecule has 1 heterocycles. The number of anilines is 1. The molecule has 0 aliphatic heterocycles. The van der Waals surface area contributed by atoms with Gasteiger partial charge >= 0.3 is 6.03 Å². The van der Waals surface area contributed by atoms with Crippen LogP contribution in [-0.2, 0) is 12.8 Å². The Morgan fingerprint density at radius 2 is 1.78 bits per heavy atom. The number of primary amides is 1. The van der Waals surface area contributed by atoms with E-state index in [0.29, 0.717) is 11.5 Å². The second-order valence-corrected chi connectivity index (χ2v) is 7.46. The highest BCUT2D eigenvalue weighted by Gasteiger charge is 2.32. The van der Waals surface area contributed by atoms with Crippen LogP contribution in [0, 0.1) is 0 Å². The Hall–Kier alpha value is -2.50.